The largest absolute Gasteiger partial charge is 0.346 e. The molecule has 2 aromatic carbocycles. The molecule has 6 heteroatoms. The van der Waals surface area contributed by atoms with Crippen LogP contribution in [0.5, 0.6) is 0 Å². The lowest BCUT2D eigenvalue weighted by Gasteiger charge is -2.06. The van der Waals surface area contributed by atoms with E-state index in [1.165, 1.54) is 6.07 Å². The van der Waals surface area contributed by atoms with Gasteiger partial charge in [-0.25, -0.2) is 13.8 Å². The van der Waals surface area contributed by atoms with Crippen LogP contribution in [0.25, 0.3) is 33.3 Å². The summed E-state index contributed by atoms with van der Waals surface area (Å²) in [7, 11) is 0. The molecule has 4 rings (SSSR count). The minimum atomic E-state index is -0.870. The second kappa shape index (κ2) is 6.22. The average molecular weight is 353 g/mol. The quantitative estimate of drug-likeness (QED) is 0.430. The Kier molecular flexibility index (Phi) is 3.89. The molecule has 2 heterocycles. The van der Waals surface area contributed by atoms with Crippen molar-refractivity contribution in [3.63, 3.8) is 0 Å². The molecule has 0 atom stereocenters. The lowest BCUT2D eigenvalue weighted by atomic mass is 10.0. The zero-order valence-corrected chi connectivity index (χ0v) is 13.8. The van der Waals surface area contributed by atoms with E-state index in [0.29, 0.717) is 11.2 Å². The Morgan fingerprint density at radius 3 is 2.52 bits per heavy atom. The first-order valence-corrected chi connectivity index (χ1v) is 8.04. The monoisotopic (exact) mass is 353 g/mol. The van der Waals surface area contributed by atoms with Crippen LogP contribution in [0.4, 0.5) is 14.5 Å². The Labute approximate surface area is 148 Å². The fraction of sp³-hybridized carbons (Fsp3) is 0. The van der Waals surface area contributed by atoms with E-state index < -0.39 is 11.6 Å². The molecule has 0 aliphatic carbocycles. The van der Waals surface area contributed by atoms with Crippen LogP contribution in [0.1, 0.15) is 0 Å². The second-order valence-corrected chi connectivity index (χ2v) is 5.84. The Hall–Kier alpha value is -2.86. The molecule has 0 bridgehead atoms. The Bertz CT molecular complexity index is 1060. The fourth-order valence-corrected chi connectivity index (χ4v) is 2.98. The van der Waals surface area contributed by atoms with Crippen LogP contribution in [0.3, 0.4) is 0 Å². The van der Waals surface area contributed by atoms with Gasteiger partial charge >= 0.3 is 0 Å². The van der Waals surface area contributed by atoms with Gasteiger partial charge in [0.25, 0.3) is 0 Å². The van der Waals surface area contributed by atoms with Gasteiger partial charge in [0.05, 0.1) is 0 Å². The van der Waals surface area contributed by atoms with Gasteiger partial charge in [-0.05, 0) is 29.8 Å². The van der Waals surface area contributed by atoms with Gasteiger partial charge in [-0.1, -0.05) is 37.1 Å². The number of H-pyrrole nitrogens is 1. The molecule has 0 amide bonds. The van der Waals surface area contributed by atoms with Crippen molar-refractivity contribution in [3.8, 4) is 22.3 Å². The number of nitrogens with one attached hydrogen (secondary N) is 2. The van der Waals surface area contributed by atoms with Gasteiger partial charge in [-0.2, -0.15) is 0 Å². The minimum Gasteiger partial charge on any atom is -0.346 e. The van der Waals surface area contributed by atoms with Crippen molar-refractivity contribution in [2.24, 2.45) is 0 Å². The van der Waals surface area contributed by atoms with E-state index in [1.54, 1.807) is 18.5 Å². The molecule has 0 fully saturated rings. The molecule has 3 nitrogen and oxygen atoms in total. The van der Waals surface area contributed by atoms with E-state index in [-0.39, 0.29) is 5.56 Å². The maximum absolute atomic E-state index is 14.2. The van der Waals surface area contributed by atoms with Crippen LogP contribution in [-0.2, 0) is 0 Å². The lowest BCUT2D eigenvalue weighted by molar-refractivity contribution is 0.511. The molecule has 25 heavy (non-hydrogen) atoms. The zero-order chi connectivity index (χ0) is 17.4. The third-order valence-electron chi connectivity index (χ3n) is 4.12. The first-order valence-electron chi connectivity index (χ1n) is 7.59. The molecule has 0 unspecified atom stereocenters. The normalized spacial score (nSPS) is 11.0. The van der Waals surface area contributed by atoms with Crippen LogP contribution in [-0.4, -0.2) is 9.97 Å². The highest BCUT2D eigenvalue weighted by molar-refractivity contribution is 7.81. The third kappa shape index (κ3) is 2.74. The predicted octanol–water partition coefficient (Wildman–Crippen LogP) is 5.43. The van der Waals surface area contributed by atoms with Gasteiger partial charge in [0, 0.05) is 40.2 Å². The van der Waals surface area contributed by atoms with E-state index in [1.807, 2.05) is 30.3 Å². The van der Waals surface area contributed by atoms with Gasteiger partial charge in [0.2, 0.25) is 0 Å². The molecule has 2 aromatic heterocycles. The van der Waals surface area contributed by atoms with Gasteiger partial charge in [-0.3, -0.25) is 0 Å². The molecule has 0 aliphatic rings. The molecule has 0 saturated heterocycles. The Morgan fingerprint density at radius 1 is 0.960 bits per heavy atom. The number of rotatable bonds is 3. The summed E-state index contributed by atoms with van der Waals surface area (Å²) in [4.78, 5) is 7.41. The third-order valence-corrected chi connectivity index (χ3v) is 4.38. The first-order chi connectivity index (χ1) is 12.2. The maximum Gasteiger partial charge on any atom is 0.166 e. The summed E-state index contributed by atoms with van der Waals surface area (Å²) < 4.78 is 30.5. The summed E-state index contributed by atoms with van der Waals surface area (Å²) in [6.45, 7) is 0. The number of pyridine rings is 1. The molecule has 2 N–H and O–H groups in total. The number of nitrogens with zero attached hydrogens (tertiary/aromatic N) is 1. The molecule has 0 radical (unpaired) electrons. The van der Waals surface area contributed by atoms with Gasteiger partial charge in [-0.15, -0.1) is 0 Å². The van der Waals surface area contributed by atoms with Crippen molar-refractivity contribution in [1.29, 1.82) is 0 Å². The van der Waals surface area contributed by atoms with Crippen molar-refractivity contribution >= 4 is 29.5 Å². The van der Waals surface area contributed by atoms with Gasteiger partial charge < -0.3 is 9.71 Å². The van der Waals surface area contributed by atoms with Gasteiger partial charge in [0.1, 0.15) is 5.65 Å². The SMILES string of the molecule is Fc1cccc(-c2c[nH]c3ncc(-c4ccc(NS)cc4)cc23)c1F. The zero-order valence-electron chi connectivity index (χ0n) is 12.9. The van der Waals surface area contributed by atoms with Crippen LogP contribution < -0.4 is 4.72 Å². The van der Waals surface area contributed by atoms with E-state index >= 15 is 0 Å². The number of thiol groups is 1. The standard InChI is InChI=1S/C19H13F2N3S/c20-17-3-1-2-14(18(17)21)16-10-23-19-15(16)8-12(9-22-19)11-4-6-13(24-25)7-5-11/h1-10,24-25H,(H,22,23). The number of aromatic nitrogens is 2. The topological polar surface area (TPSA) is 40.7 Å². The smallest absolute Gasteiger partial charge is 0.166 e. The summed E-state index contributed by atoms with van der Waals surface area (Å²) in [5, 5.41) is 0.735. The molecule has 0 saturated carbocycles. The maximum atomic E-state index is 14.2. The summed E-state index contributed by atoms with van der Waals surface area (Å²) in [5.41, 5.74) is 4.14. The molecule has 124 valence electrons. The highest BCUT2D eigenvalue weighted by Gasteiger charge is 2.14. The molecule has 4 aromatic rings. The van der Waals surface area contributed by atoms with Gasteiger partial charge in [0.15, 0.2) is 11.6 Å². The van der Waals surface area contributed by atoms with E-state index in [4.69, 9.17) is 0 Å². The van der Waals surface area contributed by atoms with Crippen molar-refractivity contribution in [2.45, 2.75) is 0 Å². The van der Waals surface area contributed by atoms with Crippen molar-refractivity contribution < 1.29 is 8.78 Å². The van der Waals surface area contributed by atoms with Crippen LogP contribution in [0.15, 0.2) is 60.9 Å². The first kappa shape index (κ1) is 15.7. The van der Waals surface area contributed by atoms with Crippen molar-refractivity contribution in [2.75, 3.05) is 4.72 Å². The summed E-state index contributed by atoms with van der Waals surface area (Å²) in [6.07, 6.45) is 3.39. The molecule has 0 aliphatic heterocycles. The van der Waals surface area contributed by atoms with Crippen molar-refractivity contribution in [1.82, 2.24) is 9.97 Å². The lowest BCUT2D eigenvalue weighted by Crippen LogP contribution is -1.88. The number of hydrogen-bond donors (Lipinski definition) is 3. The van der Waals surface area contributed by atoms with Crippen LogP contribution in [0.2, 0.25) is 0 Å². The van der Waals surface area contributed by atoms with E-state index in [9.17, 15) is 8.78 Å². The highest BCUT2D eigenvalue weighted by Crippen LogP contribution is 2.33. The number of hydrogen-bond acceptors (Lipinski definition) is 3. The highest BCUT2D eigenvalue weighted by atomic mass is 32.1. The van der Waals surface area contributed by atoms with Crippen molar-refractivity contribution in [3.05, 3.63) is 72.6 Å². The summed E-state index contributed by atoms with van der Waals surface area (Å²) >= 11 is 4.01. The number of fused-ring (bicyclic) bond motifs is 1. The van der Waals surface area contributed by atoms with E-state index in [0.717, 1.165) is 28.3 Å². The van der Waals surface area contributed by atoms with Crippen LogP contribution in [0, 0.1) is 11.6 Å². The summed E-state index contributed by atoms with van der Waals surface area (Å²) in [5.74, 6) is -1.73. The fourth-order valence-electron chi connectivity index (χ4n) is 2.83. The number of halogens is 2. The molecule has 0 spiro atoms. The average Bonchev–Trinajstić information content (AvgIpc) is 3.07. The van der Waals surface area contributed by atoms with Crippen LogP contribution >= 0.6 is 12.8 Å². The predicted molar refractivity (Wildman–Crippen MR) is 99.5 cm³/mol. The Balaban J connectivity index is 1.86. The number of aromatic amines is 1. The molecular formula is C19H13F2N3S. The molecular weight excluding hydrogens is 340 g/mol. The number of benzene rings is 2. The minimum absolute atomic E-state index is 0.208. The van der Waals surface area contributed by atoms with E-state index in [2.05, 4.69) is 27.5 Å². The Morgan fingerprint density at radius 2 is 1.76 bits per heavy atom. The number of anilines is 1. The second-order valence-electron chi connectivity index (χ2n) is 5.61. The summed E-state index contributed by atoms with van der Waals surface area (Å²) in [6, 6.07) is 13.8.